The van der Waals surface area contributed by atoms with E-state index in [1.54, 1.807) is 0 Å². The fourth-order valence-electron chi connectivity index (χ4n) is 4.44. The molecule has 2 aromatic carbocycles. The van der Waals surface area contributed by atoms with E-state index < -0.39 is 20.6 Å². The zero-order chi connectivity index (χ0) is 22.7. The van der Waals surface area contributed by atoms with Gasteiger partial charge in [0, 0.05) is 32.2 Å². The van der Waals surface area contributed by atoms with E-state index in [1.165, 1.54) is 39.7 Å². The van der Waals surface area contributed by atoms with Crippen molar-refractivity contribution in [1.29, 1.82) is 0 Å². The number of amides is 1. The third-order valence-corrected chi connectivity index (χ3v) is 8.03. The number of aryl methyl sites for hydroxylation is 1. The number of sulfonamides is 1. The molecule has 0 bridgehead atoms. The van der Waals surface area contributed by atoms with Crippen LogP contribution in [0.25, 0.3) is 0 Å². The minimum Gasteiger partial charge on any atom is -0.348 e. The van der Waals surface area contributed by atoms with Crippen molar-refractivity contribution in [2.24, 2.45) is 0 Å². The van der Waals surface area contributed by atoms with E-state index in [2.05, 4.69) is 17.4 Å². The van der Waals surface area contributed by atoms with E-state index in [0.717, 1.165) is 19.3 Å². The van der Waals surface area contributed by atoms with Crippen LogP contribution in [0.5, 0.6) is 0 Å². The van der Waals surface area contributed by atoms with E-state index in [0.29, 0.717) is 13.1 Å². The van der Waals surface area contributed by atoms with Gasteiger partial charge in [-0.05, 0) is 36.5 Å². The Morgan fingerprint density at radius 3 is 2.50 bits per heavy atom. The molecule has 9 nitrogen and oxygen atoms in total. The van der Waals surface area contributed by atoms with Crippen molar-refractivity contribution < 1.29 is 18.1 Å². The minimum atomic E-state index is -3.98. The zero-order valence-electron chi connectivity index (χ0n) is 17.6. The van der Waals surface area contributed by atoms with Crippen LogP contribution < -0.4 is 5.32 Å². The summed E-state index contributed by atoms with van der Waals surface area (Å²) in [6, 6.07) is 13.5. The molecule has 1 unspecified atom stereocenters. The van der Waals surface area contributed by atoms with Crippen molar-refractivity contribution >= 4 is 21.6 Å². The topological polar surface area (TPSA) is 113 Å². The first kappa shape index (κ1) is 22.4. The molecule has 2 aromatic rings. The monoisotopic (exact) mass is 458 g/mol. The zero-order valence-corrected chi connectivity index (χ0v) is 18.5. The van der Waals surface area contributed by atoms with Crippen molar-refractivity contribution in [3.05, 3.63) is 69.8 Å². The van der Waals surface area contributed by atoms with E-state index in [-0.39, 0.29) is 36.5 Å². The summed E-state index contributed by atoms with van der Waals surface area (Å²) in [4.78, 5) is 24.8. The molecule has 0 aromatic heterocycles. The summed E-state index contributed by atoms with van der Waals surface area (Å²) in [6.07, 6.45) is 2.97. The number of hydrogen-bond donors (Lipinski definition) is 1. The molecule has 1 N–H and O–H groups in total. The fraction of sp³-hybridized carbons (Fsp3) is 0.409. The molecule has 1 heterocycles. The number of carbonyl (C=O) groups is 1. The third-order valence-electron chi connectivity index (χ3n) is 6.08. The van der Waals surface area contributed by atoms with Crippen LogP contribution in [0, 0.1) is 10.1 Å². The van der Waals surface area contributed by atoms with Gasteiger partial charge in [0.1, 0.15) is 0 Å². The molecule has 10 heteroatoms. The first-order valence-corrected chi connectivity index (χ1v) is 12.1. The highest BCUT2D eigenvalue weighted by molar-refractivity contribution is 7.89. The summed E-state index contributed by atoms with van der Waals surface area (Å²) in [5.41, 5.74) is 2.02. The molecule has 32 heavy (non-hydrogen) atoms. The van der Waals surface area contributed by atoms with Gasteiger partial charge >= 0.3 is 0 Å². The summed E-state index contributed by atoms with van der Waals surface area (Å²) < 4.78 is 27.1. The molecule has 1 atom stereocenters. The van der Waals surface area contributed by atoms with Crippen LogP contribution in [-0.4, -0.2) is 61.2 Å². The van der Waals surface area contributed by atoms with Gasteiger partial charge in [0.15, 0.2) is 4.90 Å². The number of piperazine rings is 1. The van der Waals surface area contributed by atoms with Crippen molar-refractivity contribution in [1.82, 2.24) is 14.5 Å². The molecule has 1 saturated heterocycles. The molecule has 1 fully saturated rings. The second kappa shape index (κ2) is 9.35. The Labute approximate surface area is 187 Å². The average molecular weight is 459 g/mol. The number of rotatable bonds is 6. The van der Waals surface area contributed by atoms with Crippen LogP contribution in [0.3, 0.4) is 0 Å². The van der Waals surface area contributed by atoms with Gasteiger partial charge in [-0.3, -0.25) is 19.8 Å². The van der Waals surface area contributed by atoms with Crippen LogP contribution in [0.2, 0.25) is 0 Å². The fourth-order valence-corrected chi connectivity index (χ4v) is 6.02. The van der Waals surface area contributed by atoms with Gasteiger partial charge in [0.2, 0.25) is 15.9 Å². The molecule has 1 amide bonds. The third kappa shape index (κ3) is 4.67. The summed E-state index contributed by atoms with van der Waals surface area (Å²) >= 11 is 0. The predicted molar refractivity (Wildman–Crippen MR) is 119 cm³/mol. The highest BCUT2D eigenvalue weighted by Gasteiger charge is 2.34. The van der Waals surface area contributed by atoms with E-state index >= 15 is 0 Å². The van der Waals surface area contributed by atoms with Crippen LogP contribution in [0.1, 0.15) is 30.0 Å². The Balaban J connectivity index is 1.35. The molecule has 1 aliphatic carbocycles. The Hall–Kier alpha value is -2.82. The number of fused-ring (bicyclic) bond motifs is 1. The molecule has 4 rings (SSSR count). The largest absolute Gasteiger partial charge is 0.348 e. The number of benzene rings is 2. The lowest BCUT2D eigenvalue weighted by Gasteiger charge is -2.34. The summed E-state index contributed by atoms with van der Waals surface area (Å²) in [6.45, 7) is 1.31. The van der Waals surface area contributed by atoms with Gasteiger partial charge in [-0.2, -0.15) is 4.31 Å². The van der Waals surface area contributed by atoms with Crippen LogP contribution >= 0.6 is 0 Å². The highest BCUT2D eigenvalue weighted by Crippen LogP contribution is 2.29. The maximum absolute atomic E-state index is 12.9. The SMILES string of the molecule is O=C(CN1CCN(S(=O)(=O)c2ccccc2[N+](=O)[O-])CC1)NC1CCCc2ccccc21. The molecule has 2 aliphatic rings. The van der Waals surface area contributed by atoms with Gasteiger partial charge in [-0.25, -0.2) is 8.42 Å². The molecular formula is C22H26N4O5S. The standard InChI is InChI=1S/C22H26N4O5S/c27-22(23-19-9-5-7-17-6-1-2-8-18(17)19)16-24-12-14-25(15-13-24)32(30,31)21-11-4-3-10-20(21)26(28)29/h1-4,6,8,10-11,19H,5,7,9,12-16H2,(H,23,27). The second-order valence-corrected chi connectivity index (χ2v) is 10.0. The van der Waals surface area contributed by atoms with Crippen LogP contribution in [0.4, 0.5) is 5.69 Å². The molecule has 0 saturated carbocycles. The number of hydrogen-bond acceptors (Lipinski definition) is 6. The average Bonchev–Trinajstić information content (AvgIpc) is 2.79. The molecule has 0 radical (unpaired) electrons. The Bertz CT molecular complexity index is 1110. The first-order valence-electron chi connectivity index (χ1n) is 10.7. The van der Waals surface area contributed by atoms with Crippen molar-refractivity contribution in [2.75, 3.05) is 32.7 Å². The lowest BCUT2D eigenvalue weighted by Crippen LogP contribution is -2.51. The second-order valence-electron chi connectivity index (χ2n) is 8.12. The number of nitrogens with one attached hydrogen (secondary N) is 1. The van der Waals surface area contributed by atoms with Gasteiger partial charge in [0.25, 0.3) is 5.69 Å². The Morgan fingerprint density at radius 1 is 1.06 bits per heavy atom. The predicted octanol–water partition coefficient (Wildman–Crippen LogP) is 2.09. The molecule has 0 spiro atoms. The number of nitro groups is 1. The van der Waals surface area contributed by atoms with E-state index in [4.69, 9.17) is 0 Å². The van der Waals surface area contributed by atoms with E-state index in [9.17, 15) is 23.3 Å². The smallest absolute Gasteiger partial charge is 0.289 e. The van der Waals surface area contributed by atoms with Gasteiger partial charge < -0.3 is 5.32 Å². The van der Waals surface area contributed by atoms with Crippen LogP contribution in [-0.2, 0) is 21.2 Å². The van der Waals surface area contributed by atoms with E-state index in [1.807, 2.05) is 17.0 Å². The lowest BCUT2D eigenvalue weighted by atomic mass is 9.88. The quantitative estimate of drug-likeness (QED) is 0.524. The minimum absolute atomic E-state index is 0.00717. The number of para-hydroxylation sites is 1. The van der Waals surface area contributed by atoms with Crippen molar-refractivity contribution in [3.63, 3.8) is 0 Å². The molecular weight excluding hydrogens is 432 g/mol. The normalized spacial score (nSPS) is 19.8. The van der Waals surface area contributed by atoms with Gasteiger partial charge in [-0.1, -0.05) is 36.4 Å². The first-order chi connectivity index (χ1) is 15.4. The van der Waals surface area contributed by atoms with Gasteiger partial charge in [-0.15, -0.1) is 0 Å². The maximum Gasteiger partial charge on any atom is 0.289 e. The summed E-state index contributed by atoms with van der Waals surface area (Å²) in [7, 11) is -3.98. The number of carbonyl (C=O) groups excluding carboxylic acids is 1. The van der Waals surface area contributed by atoms with Crippen molar-refractivity contribution in [3.8, 4) is 0 Å². The van der Waals surface area contributed by atoms with Crippen molar-refractivity contribution in [2.45, 2.75) is 30.2 Å². The molecule has 1 aliphatic heterocycles. The molecule has 170 valence electrons. The van der Waals surface area contributed by atoms with Crippen LogP contribution in [0.15, 0.2) is 53.4 Å². The Kier molecular flexibility index (Phi) is 6.54. The van der Waals surface area contributed by atoms with Gasteiger partial charge in [0.05, 0.1) is 17.5 Å². The summed E-state index contributed by atoms with van der Waals surface area (Å²) in [5, 5.41) is 14.4. The Morgan fingerprint density at radius 2 is 1.75 bits per heavy atom. The lowest BCUT2D eigenvalue weighted by molar-refractivity contribution is -0.387. The number of nitrogens with zero attached hydrogens (tertiary/aromatic N) is 3. The number of nitro benzene ring substituents is 1. The summed E-state index contributed by atoms with van der Waals surface area (Å²) in [5.74, 6) is -0.0818. The maximum atomic E-state index is 12.9. The highest BCUT2D eigenvalue weighted by atomic mass is 32.2.